The van der Waals surface area contributed by atoms with E-state index in [9.17, 15) is 18.9 Å². The summed E-state index contributed by atoms with van der Waals surface area (Å²) < 4.78 is 16.8. The van der Waals surface area contributed by atoms with Gasteiger partial charge in [-0.3, -0.25) is 14.4 Å². The molecule has 2 atom stereocenters. The van der Waals surface area contributed by atoms with E-state index in [2.05, 4.69) is 20.6 Å². The zero-order valence-corrected chi connectivity index (χ0v) is 22.5. The van der Waals surface area contributed by atoms with Gasteiger partial charge in [0.25, 0.3) is 0 Å². The predicted molar refractivity (Wildman–Crippen MR) is 138 cm³/mol. The minimum absolute atomic E-state index is 0.0833. The Morgan fingerprint density at radius 2 is 1.95 bits per heavy atom. The number of amides is 3. The quantitative estimate of drug-likeness (QED) is 0.429. The number of hydrogen-bond acceptors (Lipinski definition) is 7. The van der Waals surface area contributed by atoms with E-state index in [4.69, 9.17) is 4.74 Å². The van der Waals surface area contributed by atoms with Gasteiger partial charge in [-0.05, 0) is 40.8 Å². The van der Waals surface area contributed by atoms with Gasteiger partial charge in [0.2, 0.25) is 17.7 Å². The Balaban J connectivity index is 1.59. The lowest BCUT2D eigenvalue weighted by atomic mass is 9.85. The number of likely N-dealkylation sites (tertiary alicyclic amines) is 1. The summed E-state index contributed by atoms with van der Waals surface area (Å²) in [7, 11) is 0. The molecule has 1 fully saturated rings. The molecule has 3 rings (SSSR count). The van der Waals surface area contributed by atoms with Crippen molar-refractivity contribution in [2.45, 2.75) is 59.2 Å². The van der Waals surface area contributed by atoms with Crippen LogP contribution in [0.3, 0.4) is 0 Å². The van der Waals surface area contributed by atoms with Crippen LogP contribution in [0.5, 0.6) is 0 Å². The first-order chi connectivity index (χ1) is 17.6. The average Bonchev–Trinajstić information content (AvgIpc) is 3.52. The van der Waals surface area contributed by atoms with Crippen molar-refractivity contribution in [3.63, 3.8) is 0 Å². The first-order valence-corrected chi connectivity index (χ1v) is 13.2. The summed E-state index contributed by atoms with van der Waals surface area (Å²) in [6, 6.07) is 6.51. The fourth-order valence-corrected chi connectivity index (χ4v) is 5.05. The van der Waals surface area contributed by atoms with Crippen molar-refractivity contribution in [1.29, 1.82) is 0 Å². The van der Waals surface area contributed by atoms with Gasteiger partial charge in [-0.2, -0.15) is 4.94 Å². The number of benzene rings is 1. The molecule has 0 spiro atoms. The number of aromatic nitrogens is 1. The smallest absolute Gasteiger partial charge is 0.246 e. The highest BCUT2D eigenvalue weighted by Gasteiger charge is 2.41. The molecule has 2 aromatic rings. The highest BCUT2D eigenvalue weighted by atomic mass is 32.1. The molecule has 0 radical (unpaired) electrons. The highest BCUT2D eigenvalue weighted by Crippen LogP contribution is 2.28. The Kier molecular flexibility index (Phi) is 10.1. The lowest BCUT2D eigenvalue weighted by Crippen LogP contribution is -2.58. The van der Waals surface area contributed by atoms with Gasteiger partial charge in [0, 0.05) is 13.1 Å². The molecule has 0 aliphatic carbocycles. The number of carbonyl (C=O) groups is 3. The molecular formula is C26H35FN4O5S. The average molecular weight is 535 g/mol. The second-order valence-corrected chi connectivity index (χ2v) is 11.0. The number of thiazole rings is 1. The van der Waals surface area contributed by atoms with Crippen molar-refractivity contribution in [2.75, 3.05) is 26.4 Å². The molecule has 9 nitrogen and oxygen atoms in total. The van der Waals surface area contributed by atoms with E-state index in [0.717, 1.165) is 21.7 Å². The van der Waals surface area contributed by atoms with Crippen LogP contribution in [0.4, 0.5) is 4.53 Å². The third-order valence-electron chi connectivity index (χ3n) is 6.22. The topological polar surface area (TPSA) is 110 Å². The van der Waals surface area contributed by atoms with Crippen molar-refractivity contribution in [1.82, 2.24) is 20.5 Å². The van der Waals surface area contributed by atoms with Gasteiger partial charge in [-0.15, -0.1) is 11.3 Å². The second kappa shape index (κ2) is 13.1. The van der Waals surface area contributed by atoms with E-state index in [1.807, 2.05) is 57.5 Å². The summed E-state index contributed by atoms with van der Waals surface area (Å²) in [5.41, 5.74) is 4.24. The van der Waals surface area contributed by atoms with Crippen LogP contribution < -0.4 is 10.6 Å². The first-order valence-electron chi connectivity index (χ1n) is 12.3. The molecule has 1 aromatic carbocycles. The molecule has 0 saturated carbocycles. The van der Waals surface area contributed by atoms with Crippen LogP contribution in [0.25, 0.3) is 10.4 Å². The number of nitrogens with zero attached hydrogens (tertiary/aromatic N) is 2. The summed E-state index contributed by atoms with van der Waals surface area (Å²) in [6.45, 7) is 7.60. The minimum Gasteiger partial charge on any atom is -0.369 e. The lowest BCUT2D eigenvalue weighted by molar-refractivity contribution is -0.151. The summed E-state index contributed by atoms with van der Waals surface area (Å²) in [4.78, 5) is 49.3. The van der Waals surface area contributed by atoms with Crippen molar-refractivity contribution < 1.29 is 28.6 Å². The Bertz CT molecular complexity index is 1070. The number of carbonyl (C=O) groups excluding carboxylic acids is 3. The predicted octanol–water partition coefficient (Wildman–Crippen LogP) is 3.17. The SMILES string of the molecule is Cc1ncsc1-c1ccc(CNC(=O)[C@@H]2CCCN2C(=O)C(NC(=O)COCCOF)C(C)(C)C)cc1. The third kappa shape index (κ3) is 7.80. The summed E-state index contributed by atoms with van der Waals surface area (Å²) in [6.07, 6.45) is 1.25. The van der Waals surface area contributed by atoms with Crippen LogP contribution in [0.15, 0.2) is 29.8 Å². The largest absolute Gasteiger partial charge is 0.369 e. The molecule has 2 N–H and O–H groups in total. The molecule has 37 heavy (non-hydrogen) atoms. The van der Waals surface area contributed by atoms with Gasteiger partial charge in [-0.1, -0.05) is 45.0 Å². The van der Waals surface area contributed by atoms with E-state index < -0.39 is 23.4 Å². The van der Waals surface area contributed by atoms with Gasteiger partial charge >= 0.3 is 0 Å². The number of aryl methyl sites for hydroxylation is 1. The molecule has 1 aliphatic heterocycles. The van der Waals surface area contributed by atoms with Crippen molar-refractivity contribution in [2.24, 2.45) is 5.41 Å². The van der Waals surface area contributed by atoms with Gasteiger partial charge in [0.05, 0.1) is 22.7 Å². The number of nitrogens with one attached hydrogen (secondary N) is 2. The second-order valence-electron chi connectivity index (χ2n) is 10.1. The lowest BCUT2D eigenvalue weighted by Gasteiger charge is -2.35. The van der Waals surface area contributed by atoms with Gasteiger partial charge in [-0.25, -0.2) is 4.98 Å². The summed E-state index contributed by atoms with van der Waals surface area (Å²) in [5, 5.41) is 5.68. The van der Waals surface area contributed by atoms with E-state index >= 15 is 0 Å². The maximum absolute atomic E-state index is 13.5. The molecule has 1 aliphatic rings. The zero-order chi connectivity index (χ0) is 27.0. The Morgan fingerprint density at radius 1 is 1.22 bits per heavy atom. The summed E-state index contributed by atoms with van der Waals surface area (Å²) in [5.74, 6) is -1.03. The van der Waals surface area contributed by atoms with Crippen molar-refractivity contribution >= 4 is 29.1 Å². The molecule has 1 aromatic heterocycles. The molecule has 1 unspecified atom stereocenters. The standard InChI is InChI=1S/C26H35FN4O5S/c1-17-22(37-16-29-17)19-9-7-18(8-10-19)14-28-24(33)20-6-5-11-31(20)25(34)23(26(2,3)4)30-21(32)15-35-12-13-36-27/h7-10,16,20,23H,5-6,11-15H2,1-4H3,(H,28,33)(H,30,32)/t20-,23?/m0/s1. The highest BCUT2D eigenvalue weighted by molar-refractivity contribution is 7.13. The maximum atomic E-state index is 13.5. The minimum atomic E-state index is -0.850. The van der Waals surface area contributed by atoms with E-state index in [0.29, 0.717) is 25.9 Å². The Labute approximate surface area is 220 Å². The summed E-state index contributed by atoms with van der Waals surface area (Å²) >= 11 is 1.59. The Hall–Kier alpha value is -2.89. The van der Waals surface area contributed by atoms with E-state index in [-0.39, 0.29) is 31.6 Å². The van der Waals surface area contributed by atoms with Crippen LogP contribution in [0, 0.1) is 12.3 Å². The van der Waals surface area contributed by atoms with Crippen LogP contribution in [-0.4, -0.2) is 66.1 Å². The van der Waals surface area contributed by atoms with Crippen molar-refractivity contribution in [3.05, 3.63) is 41.0 Å². The maximum Gasteiger partial charge on any atom is 0.246 e. The molecule has 11 heteroatoms. The third-order valence-corrected chi connectivity index (χ3v) is 7.20. The van der Waals surface area contributed by atoms with E-state index in [1.165, 1.54) is 0 Å². The number of halogens is 1. The van der Waals surface area contributed by atoms with Gasteiger partial charge in [0.1, 0.15) is 25.3 Å². The van der Waals surface area contributed by atoms with Crippen LogP contribution >= 0.6 is 11.3 Å². The van der Waals surface area contributed by atoms with Gasteiger partial charge in [0.15, 0.2) is 0 Å². The normalized spacial score (nSPS) is 16.5. The molecular weight excluding hydrogens is 499 g/mol. The zero-order valence-electron chi connectivity index (χ0n) is 21.7. The molecule has 202 valence electrons. The van der Waals surface area contributed by atoms with Crippen LogP contribution in [0.1, 0.15) is 44.9 Å². The molecule has 0 bridgehead atoms. The van der Waals surface area contributed by atoms with Gasteiger partial charge < -0.3 is 20.3 Å². The number of hydrogen-bond donors (Lipinski definition) is 2. The Morgan fingerprint density at radius 3 is 2.57 bits per heavy atom. The monoisotopic (exact) mass is 534 g/mol. The molecule has 3 amide bonds. The van der Waals surface area contributed by atoms with E-state index in [1.54, 1.807) is 16.2 Å². The van der Waals surface area contributed by atoms with Crippen LogP contribution in [-0.2, 0) is 30.6 Å². The number of rotatable bonds is 11. The molecule has 2 heterocycles. The fourth-order valence-electron chi connectivity index (χ4n) is 4.24. The fraction of sp³-hybridized carbons (Fsp3) is 0.538. The van der Waals surface area contributed by atoms with Crippen LogP contribution in [0.2, 0.25) is 0 Å². The first kappa shape index (κ1) is 28.7. The number of ether oxygens (including phenoxy) is 1. The van der Waals surface area contributed by atoms with Crippen molar-refractivity contribution in [3.8, 4) is 10.4 Å². The molecule has 1 saturated heterocycles.